The first-order valence-corrected chi connectivity index (χ1v) is 10.1. The summed E-state index contributed by atoms with van der Waals surface area (Å²) in [5, 5.41) is 0. The third-order valence-electron chi connectivity index (χ3n) is 4.53. The maximum Gasteiger partial charge on any atom is 0.419 e. The van der Waals surface area contributed by atoms with Crippen LogP contribution >= 0.6 is 0 Å². The Morgan fingerprint density at radius 1 is 1.10 bits per heavy atom. The molecule has 0 saturated carbocycles. The number of nitrogens with zero attached hydrogens (tertiary/aromatic N) is 2. The van der Waals surface area contributed by atoms with Crippen molar-refractivity contribution in [2.75, 3.05) is 11.4 Å². The molecule has 154 valence electrons. The SMILES string of the molecule is COc1ccc(N(C(=O)c2ccco2)S(=O)(=O)c2ccc3c(c2)oc(=O)n3C)cc1. The number of fused-ring (bicyclic) bond motifs is 1. The van der Waals surface area contributed by atoms with Crippen LogP contribution in [0.5, 0.6) is 5.75 Å². The van der Waals surface area contributed by atoms with E-state index in [1.165, 1.54) is 79.6 Å². The molecule has 1 amide bonds. The minimum atomic E-state index is -4.38. The fourth-order valence-corrected chi connectivity index (χ4v) is 4.38. The average Bonchev–Trinajstić information content (AvgIpc) is 3.37. The minimum Gasteiger partial charge on any atom is -0.497 e. The third kappa shape index (κ3) is 3.16. The largest absolute Gasteiger partial charge is 0.497 e. The number of ether oxygens (including phenoxy) is 1. The Bertz CT molecular complexity index is 1380. The first-order chi connectivity index (χ1) is 14.3. The number of hydrogen-bond donors (Lipinski definition) is 0. The Kier molecular flexibility index (Phi) is 4.70. The standard InChI is InChI=1S/C20H16N2O7S/c1-21-16-10-9-15(12-18(16)29-20(21)24)30(25,26)22(19(23)17-4-3-11-28-17)13-5-7-14(27-2)8-6-13/h3-12H,1-2H3. The van der Waals surface area contributed by atoms with Crippen molar-refractivity contribution in [1.29, 1.82) is 0 Å². The van der Waals surface area contributed by atoms with Crippen molar-refractivity contribution in [2.24, 2.45) is 7.05 Å². The highest BCUT2D eigenvalue weighted by Crippen LogP contribution is 2.29. The highest BCUT2D eigenvalue weighted by atomic mass is 32.2. The summed E-state index contributed by atoms with van der Waals surface area (Å²) in [6.45, 7) is 0. The summed E-state index contributed by atoms with van der Waals surface area (Å²) in [5.41, 5.74) is 0.600. The number of rotatable bonds is 5. The Morgan fingerprint density at radius 3 is 2.47 bits per heavy atom. The van der Waals surface area contributed by atoms with Crippen molar-refractivity contribution in [2.45, 2.75) is 4.90 Å². The molecule has 0 spiro atoms. The van der Waals surface area contributed by atoms with Gasteiger partial charge in [-0.3, -0.25) is 9.36 Å². The van der Waals surface area contributed by atoms with Gasteiger partial charge in [-0.2, -0.15) is 4.31 Å². The van der Waals surface area contributed by atoms with Gasteiger partial charge in [0.15, 0.2) is 11.3 Å². The second-order valence-corrected chi connectivity index (χ2v) is 8.09. The molecular weight excluding hydrogens is 412 g/mol. The molecular formula is C20H16N2O7S. The number of sulfonamides is 1. The molecule has 0 N–H and O–H groups in total. The predicted octanol–water partition coefficient (Wildman–Crippen LogP) is 2.77. The van der Waals surface area contributed by atoms with Crippen LogP contribution < -0.4 is 14.8 Å². The summed E-state index contributed by atoms with van der Waals surface area (Å²) in [5.74, 6) is -1.16. The van der Waals surface area contributed by atoms with Gasteiger partial charge >= 0.3 is 11.7 Å². The smallest absolute Gasteiger partial charge is 0.419 e. The minimum absolute atomic E-state index is 0.0868. The number of aryl methyl sites for hydroxylation is 1. The third-order valence-corrected chi connectivity index (χ3v) is 6.23. The Balaban J connectivity index is 1.88. The molecule has 2 heterocycles. The van der Waals surface area contributed by atoms with Gasteiger partial charge < -0.3 is 13.6 Å². The second-order valence-electron chi connectivity index (χ2n) is 6.31. The fourth-order valence-electron chi connectivity index (χ4n) is 2.96. The highest BCUT2D eigenvalue weighted by Gasteiger charge is 2.34. The van der Waals surface area contributed by atoms with E-state index in [0.29, 0.717) is 15.6 Å². The number of anilines is 1. The van der Waals surface area contributed by atoms with Crippen LogP contribution in [0.3, 0.4) is 0 Å². The zero-order chi connectivity index (χ0) is 21.5. The number of furan rings is 1. The van der Waals surface area contributed by atoms with Crippen molar-refractivity contribution in [3.05, 3.63) is 77.2 Å². The van der Waals surface area contributed by atoms with Crippen LogP contribution in [-0.2, 0) is 17.1 Å². The number of hydrogen-bond acceptors (Lipinski definition) is 7. The van der Waals surface area contributed by atoms with Crippen molar-refractivity contribution in [3.63, 3.8) is 0 Å². The normalized spacial score (nSPS) is 11.5. The second kappa shape index (κ2) is 7.23. The molecule has 4 aromatic rings. The van der Waals surface area contributed by atoms with Crippen LogP contribution in [0.25, 0.3) is 11.1 Å². The van der Waals surface area contributed by atoms with Crippen LogP contribution in [0.4, 0.5) is 5.69 Å². The van der Waals surface area contributed by atoms with E-state index in [0.717, 1.165) is 0 Å². The molecule has 0 aliphatic carbocycles. The number of carbonyl (C=O) groups is 1. The molecule has 2 aromatic heterocycles. The molecule has 2 aromatic carbocycles. The number of carbonyl (C=O) groups excluding carboxylic acids is 1. The maximum absolute atomic E-state index is 13.5. The molecule has 0 unspecified atom stereocenters. The van der Waals surface area contributed by atoms with E-state index in [-0.39, 0.29) is 21.9 Å². The lowest BCUT2D eigenvalue weighted by Crippen LogP contribution is -2.36. The zero-order valence-corrected chi connectivity index (χ0v) is 16.8. The molecule has 0 aliphatic rings. The van der Waals surface area contributed by atoms with E-state index in [4.69, 9.17) is 13.6 Å². The Morgan fingerprint density at radius 2 is 1.83 bits per heavy atom. The van der Waals surface area contributed by atoms with Crippen molar-refractivity contribution >= 4 is 32.7 Å². The Hall–Kier alpha value is -3.79. The van der Waals surface area contributed by atoms with Crippen LogP contribution in [0.2, 0.25) is 0 Å². The number of methoxy groups -OCH3 is 1. The van der Waals surface area contributed by atoms with Crippen molar-refractivity contribution < 1.29 is 26.8 Å². The summed E-state index contributed by atoms with van der Waals surface area (Å²) in [4.78, 5) is 24.6. The van der Waals surface area contributed by atoms with Gasteiger partial charge in [0.05, 0.1) is 29.5 Å². The van der Waals surface area contributed by atoms with Gasteiger partial charge in [0.25, 0.3) is 10.0 Å². The van der Waals surface area contributed by atoms with E-state index >= 15 is 0 Å². The van der Waals surface area contributed by atoms with Gasteiger partial charge in [0.1, 0.15) is 5.75 Å². The average molecular weight is 428 g/mol. The highest BCUT2D eigenvalue weighted by molar-refractivity contribution is 7.93. The van der Waals surface area contributed by atoms with E-state index in [9.17, 15) is 18.0 Å². The summed E-state index contributed by atoms with van der Waals surface area (Å²) in [6.07, 6.45) is 1.27. The predicted molar refractivity (Wildman–Crippen MR) is 107 cm³/mol. The lowest BCUT2D eigenvalue weighted by Gasteiger charge is -2.22. The van der Waals surface area contributed by atoms with E-state index in [1.807, 2.05) is 0 Å². The molecule has 0 radical (unpaired) electrons. The monoisotopic (exact) mass is 428 g/mol. The summed E-state index contributed by atoms with van der Waals surface area (Å²) in [7, 11) is -1.40. The van der Waals surface area contributed by atoms with E-state index in [2.05, 4.69) is 0 Å². The number of amides is 1. The molecule has 0 fully saturated rings. The van der Waals surface area contributed by atoms with E-state index < -0.39 is 21.7 Å². The molecule has 0 bridgehead atoms. The summed E-state index contributed by atoms with van der Waals surface area (Å²) in [6, 6.07) is 12.8. The summed E-state index contributed by atoms with van der Waals surface area (Å²) < 4.78 is 44.1. The van der Waals surface area contributed by atoms with Crippen LogP contribution in [0.1, 0.15) is 10.6 Å². The van der Waals surface area contributed by atoms with Gasteiger partial charge in [-0.25, -0.2) is 13.2 Å². The number of oxazole rings is 1. The van der Waals surface area contributed by atoms with Gasteiger partial charge in [-0.15, -0.1) is 0 Å². The molecule has 0 saturated heterocycles. The van der Waals surface area contributed by atoms with Crippen molar-refractivity contribution in [3.8, 4) is 5.75 Å². The summed E-state index contributed by atoms with van der Waals surface area (Å²) >= 11 is 0. The van der Waals surface area contributed by atoms with Gasteiger partial charge in [-0.05, 0) is 48.5 Å². The number of aromatic nitrogens is 1. The lowest BCUT2D eigenvalue weighted by molar-refractivity contribution is 0.0979. The number of benzene rings is 2. The van der Waals surface area contributed by atoms with Crippen LogP contribution in [0, 0.1) is 0 Å². The van der Waals surface area contributed by atoms with Crippen molar-refractivity contribution in [1.82, 2.24) is 4.57 Å². The van der Waals surface area contributed by atoms with Crippen LogP contribution in [-0.4, -0.2) is 26.0 Å². The van der Waals surface area contributed by atoms with Gasteiger partial charge in [0.2, 0.25) is 0 Å². The van der Waals surface area contributed by atoms with E-state index in [1.54, 1.807) is 0 Å². The first-order valence-electron chi connectivity index (χ1n) is 8.70. The molecule has 0 atom stereocenters. The van der Waals surface area contributed by atoms with Gasteiger partial charge in [-0.1, -0.05) is 0 Å². The Labute approximate surface area is 170 Å². The molecule has 4 rings (SSSR count). The van der Waals surface area contributed by atoms with Gasteiger partial charge in [0, 0.05) is 13.1 Å². The zero-order valence-electron chi connectivity index (χ0n) is 15.9. The van der Waals surface area contributed by atoms with Crippen LogP contribution in [0.15, 0.2) is 79.4 Å². The maximum atomic E-state index is 13.5. The topological polar surface area (TPSA) is 112 Å². The molecule has 0 aliphatic heterocycles. The fraction of sp³-hybridized carbons (Fsp3) is 0.100. The molecule has 10 heteroatoms. The lowest BCUT2D eigenvalue weighted by atomic mass is 10.3. The molecule has 30 heavy (non-hydrogen) atoms. The first kappa shape index (κ1) is 19.5. The quantitative estimate of drug-likeness (QED) is 0.480. The molecule has 9 nitrogen and oxygen atoms in total.